The molecule has 0 unspecified atom stereocenters. The zero-order valence-corrected chi connectivity index (χ0v) is 17.4. The van der Waals surface area contributed by atoms with E-state index in [9.17, 15) is 13.2 Å². The number of nitrogens with zero attached hydrogens (tertiary/aromatic N) is 2. The van der Waals surface area contributed by atoms with Gasteiger partial charge < -0.3 is 20.5 Å². The highest BCUT2D eigenvalue weighted by atomic mass is 79.9. The van der Waals surface area contributed by atoms with Crippen LogP contribution in [0.2, 0.25) is 0 Å². The summed E-state index contributed by atoms with van der Waals surface area (Å²) in [6.07, 6.45) is -4.79. The Morgan fingerprint density at radius 1 is 1.10 bits per heavy atom. The summed E-state index contributed by atoms with van der Waals surface area (Å²) in [7, 11) is 0. The van der Waals surface area contributed by atoms with Crippen LogP contribution in [0.5, 0.6) is 5.75 Å². The molecule has 0 bridgehead atoms. The van der Waals surface area contributed by atoms with Gasteiger partial charge in [0, 0.05) is 28.3 Å². The Kier molecular flexibility index (Phi) is 6.78. The Morgan fingerprint density at radius 2 is 1.90 bits per heavy atom. The van der Waals surface area contributed by atoms with Gasteiger partial charge in [-0.25, -0.2) is 4.98 Å². The number of aliphatic hydroxyl groups excluding tert-OH is 1. The van der Waals surface area contributed by atoms with E-state index in [-0.39, 0.29) is 24.8 Å². The molecule has 0 atom stereocenters. The lowest BCUT2D eigenvalue weighted by atomic mass is 10.1. The second-order valence-corrected chi connectivity index (χ2v) is 7.13. The topological polar surface area (TPSA) is 79.3 Å². The Morgan fingerprint density at radius 3 is 2.60 bits per heavy atom. The van der Waals surface area contributed by atoms with Crippen LogP contribution in [0.4, 0.5) is 30.6 Å². The minimum absolute atomic E-state index is 0.128. The average molecular weight is 483 g/mol. The molecule has 0 spiro atoms. The third-order valence-electron chi connectivity index (χ3n) is 3.91. The lowest BCUT2D eigenvalue weighted by Gasteiger charge is -2.13. The van der Waals surface area contributed by atoms with E-state index in [1.807, 2.05) is 25.1 Å². The number of aryl methyl sites for hydroxylation is 1. The molecule has 3 rings (SSSR count). The maximum absolute atomic E-state index is 12.6. The first-order valence-corrected chi connectivity index (χ1v) is 9.66. The van der Waals surface area contributed by atoms with Gasteiger partial charge in [-0.3, -0.25) is 0 Å². The van der Waals surface area contributed by atoms with Crippen molar-refractivity contribution in [1.29, 1.82) is 0 Å². The molecular weight excluding hydrogens is 465 g/mol. The summed E-state index contributed by atoms with van der Waals surface area (Å²) >= 11 is 3.45. The molecule has 0 saturated carbocycles. The van der Waals surface area contributed by atoms with Gasteiger partial charge in [0.1, 0.15) is 11.6 Å². The van der Waals surface area contributed by atoms with Crippen molar-refractivity contribution in [3.63, 3.8) is 0 Å². The van der Waals surface area contributed by atoms with Crippen molar-refractivity contribution in [2.75, 3.05) is 23.8 Å². The second-order valence-electron chi connectivity index (χ2n) is 6.28. The Balaban J connectivity index is 1.96. The molecule has 2 aromatic carbocycles. The first kappa shape index (κ1) is 21.8. The SMILES string of the molecule is Cc1cc(Nc2cc(-c3cccc(OC(F)(F)F)c3)nc(NCCO)n2)ccc1Br. The molecular formula is C20H18BrF3N4O2. The van der Waals surface area contributed by atoms with Gasteiger partial charge in [-0.1, -0.05) is 28.1 Å². The molecule has 0 aliphatic heterocycles. The minimum Gasteiger partial charge on any atom is -0.406 e. The van der Waals surface area contributed by atoms with Gasteiger partial charge in [0.25, 0.3) is 0 Å². The van der Waals surface area contributed by atoms with Crippen LogP contribution in [0.25, 0.3) is 11.3 Å². The molecule has 0 aliphatic rings. The summed E-state index contributed by atoms with van der Waals surface area (Å²) in [6, 6.07) is 12.8. The largest absolute Gasteiger partial charge is 0.573 e. The van der Waals surface area contributed by atoms with Gasteiger partial charge in [-0.15, -0.1) is 13.2 Å². The first-order valence-electron chi connectivity index (χ1n) is 8.87. The average Bonchev–Trinajstić information content (AvgIpc) is 2.68. The van der Waals surface area contributed by atoms with E-state index in [1.165, 1.54) is 18.2 Å². The predicted molar refractivity (Wildman–Crippen MR) is 112 cm³/mol. The van der Waals surface area contributed by atoms with Crippen LogP contribution in [-0.4, -0.2) is 34.6 Å². The molecule has 0 aliphatic carbocycles. The maximum Gasteiger partial charge on any atom is 0.573 e. The van der Waals surface area contributed by atoms with Crippen LogP contribution < -0.4 is 15.4 Å². The van der Waals surface area contributed by atoms with E-state index in [2.05, 4.69) is 41.3 Å². The number of aliphatic hydroxyl groups is 1. The van der Waals surface area contributed by atoms with Gasteiger partial charge in [0.2, 0.25) is 5.95 Å². The van der Waals surface area contributed by atoms with Crippen molar-refractivity contribution in [1.82, 2.24) is 9.97 Å². The fourth-order valence-corrected chi connectivity index (χ4v) is 2.88. The summed E-state index contributed by atoms with van der Waals surface area (Å²) in [6.45, 7) is 2.04. The Hall–Kier alpha value is -2.85. The van der Waals surface area contributed by atoms with Crippen LogP contribution in [0.3, 0.4) is 0 Å². The number of hydrogen-bond acceptors (Lipinski definition) is 6. The highest BCUT2D eigenvalue weighted by molar-refractivity contribution is 9.10. The van der Waals surface area contributed by atoms with E-state index in [4.69, 9.17) is 5.11 Å². The van der Waals surface area contributed by atoms with Crippen LogP contribution in [0, 0.1) is 6.92 Å². The quantitative estimate of drug-likeness (QED) is 0.426. The fourth-order valence-electron chi connectivity index (χ4n) is 2.63. The molecule has 158 valence electrons. The number of halogens is 4. The zero-order valence-electron chi connectivity index (χ0n) is 15.8. The summed E-state index contributed by atoms with van der Waals surface area (Å²) in [4.78, 5) is 8.69. The fraction of sp³-hybridized carbons (Fsp3) is 0.200. The van der Waals surface area contributed by atoms with Crippen molar-refractivity contribution in [3.05, 3.63) is 58.6 Å². The van der Waals surface area contributed by atoms with Gasteiger partial charge in [0.15, 0.2) is 0 Å². The first-order chi connectivity index (χ1) is 14.2. The molecule has 0 radical (unpaired) electrons. The van der Waals surface area contributed by atoms with Crippen LogP contribution >= 0.6 is 15.9 Å². The predicted octanol–water partition coefficient (Wildman–Crippen LogP) is 5.26. The third kappa shape index (κ3) is 6.07. The summed E-state index contributed by atoms with van der Waals surface area (Å²) < 4.78 is 42.6. The normalized spacial score (nSPS) is 11.3. The standard InChI is InChI=1S/C20H18BrF3N4O2/c1-12-9-14(5-6-16(12)21)26-18-11-17(27-19(28-18)25-7-8-29)13-3-2-4-15(10-13)30-20(22,23)24/h2-6,9-11,29H,7-8H2,1H3,(H2,25,26,27,28). The zero-order chi connectivity index (χ0) is 21.7. The Labute approximate surface area is 179 Å². The summed E-state index contributed by atoms with van der Waals surface area (Å²) in [5.74, 6) is 0.311. The molecule has 0 amide bonds. The monoisotopic (exact) mass is 482 g/mol. The highest BCUT2D eigenvalue weighted by Gasteiger charge is 2.31. The number of anilines is 3. The van der Waals surface area contributed by atoms with E-state index < -0.39 is 6.36 Å². The van der Waals surface area contributed by atoms with E-state index in [1.54, 1.807) is 12.1 Å². The maximum atomic E-state index is 12.6. The lowest BCUT2D eigenvalue weighted by Crippen LogP contribution is -2.17. The number of ether oxygens (including phenoxy) is 1. The van der Waals surface area contributed by atoms with Gasteiger partial charge >= 0.3 is 6.36 Å². The van der Waals surface area contributed by atoms with Gasteiger partial charge in [-0.05, 0) is 42.8 Å². The number of alkyl halides is 3. The molecule has 3 N–H and O–H groups in total. The number of rotatable bonds is 7. The second kappa shape index (κ2) is 9.31. The molecule has 6 nitrogen and oxygen atoms in total. The van der Waals surface area contributed by atoms with Crippen molar-refractivity contribution < 1.29 is 23.0 Å². The number of benzene rings is 2. The van der Waals surface area contributed by atoms with Crippen molar-refractivity contribution in [2.45, 2.75) is 13.3 Å². The van der Waals surface area contributed by atoms with Crippen molar-refractivity contribution in [3.8, 4) is 17.0 Å². The summed E-state index contributed by atoms with van der Waals surface area (Å²) in [5.41, 5.74) is 2.60. The molecule has 0 fully saturated rings. The van der Waals surface area contributed by atoms with Crippen LogP contribution in [-0.2, 0) is 0 Å². The number of aromatic nitrogens is 2. The molecule has 0 saturated heterocycles. The lowest BCUT2D eigenvalue weighted by molar-refractivity contribution is -0.274. The number of nitrogens with one attached hydrogen (secondary N) is 2. The smallest absolute Gasteiger partial charge is 0.406 e. The van der Waals surface area contributed by atoms with E-state index in [0.717, 1.165) is 15.7 Å². The van der Waals surface area contributed by atoms with Crippen LogP contribution in [0.15, 0.2) is 53.0 Å². The molecule has 1 aromatic heterocycles. The minimum atomic E-state index is -4.79. The van der Waals surface area contributed by atoms with Crippen molar-refractivity contribution >= 4 is 33.4 Å². The Bertz CT molecular complexity index is 1030. The molecule has 10 heteroatoms. The van der Waals surface area contributed by atoms with Crippen molar-refractivity contribution in [2.24, 2.45) is 0 Å². The molecule has 30 heavy (non-hydrogen) atoms. The summed E-state index contributed by atoms with van der Waals surface area (Å²) in [5, 5.41) is 15.1. The third-order valence-corrected chi connectivity index (χ3v) is 4.80. The highest BCUT2D eigenvalue weighted by Crippen LogP contribution is 2.30. The van der Waals surface area contributed by atoms with E-state index >= 15 is 0 Å². The van der Waals surface area contributed by atoms with Crippen LogP contribution in [0.1, 0.15) is 5.56 Å². The van der Waals surface area contributed by atoms with Gasteiger partial charge in [-0.2, -0.15) is 4.98 Å². The van der Waals surface area contributed by atoms with E-state index in [0.29, 0.717) is 17.1 Å². The molecule has 1 heterocycles. The van der Waals surface area contributed by atoms with Gasteiger partial charge in [0.05, 0.1) is 12.3 Å². The molecule has 3 aromatic rings. The number of hydrogen-bond donors (Lipinski definition) is 3.